The van der Waals surface area contributed by atoms with Crippen molar-refractivity contribution >= 4 is 17.9 Å². The fraction of sp³-hybridized carbons (Fsp3) is 0.792. The summed E-state index contributed by atoms with van der Waals surface area (Å²) in [4.78, 5) is 36.2. The first-order valence-corrected chi connectivity index (χ1v) is 11.5. The van der Waals surface area contributed by atoms with E-state index in [1.807, 2.05) is 20.8 Å². The van der Waals surface area contributed by atoms with Gasteiger partial charge in [0.05, 0.1) is 11.7 Å². The second-order valence-corrected chi connectivity index (χ2v) is 11.2. The molecule has 9 nitrogen and oxygen atoms in total. The summed E-state index contributed by atoms with van der Waals surface area (Å²) < 4.78 is 16.7. The van der Waals surface area contributed by atoms with E-state index >= 15 is 0 Å². The summed E-state index contributed by atoms with van der Waals surface area (Å²) in [5.74, 6) is -5.20. The zero-order chi connectivity index (χ0) is 24.7. The predicted molar refractivity (Wildman–Crippen MR) is 113 cm³/mol. The van der Waals surface area contributed by atoms with E-state index in [9.17, 15) is 29.7 Å². The summed E-state index contributed by atoms with van der Waals surface area (Å²) in [5.41, 5.74) is -3.23. The van der Waals surface area contributed by atoms with Crippen molar-refractivity contribution in [3.63, 3.8) is 0 Å². The first-order valence-electron chi connectivity index (χ1n) is 11.5. The maximum absolute atomic E-state index is 12.3. The molecular formula is C24H34O9. The van der Waals surface area contributed by atoms with E-state index in [4.69, 9.17) is 14.2 Å². The molecule has 184 valence electrons. The molecule has 0 radical (unpaired) electrons. The number of carbonyl (C=O) groups is 3. The van der Waals surface area contributed by atoms with E-state index < -0.39 is 76.2 Å². The van der Waals surface area contributed by atoms with E-state index in [-0.39, 0.29) is 19.3 Å². The Bertz CT molecular complexity index is 925. The van der Waals surface area contributed by atoms with Crippen LogP contribution in [-0.4, -0.2) is 62.9 Å². The highest BCUT2D eigenvalue weighted by Gasteiger charge is 2.75. The van der Waals surface area contributed by atoms with Gasteiger partial charge in [0.25, 0.3) is 0 Å². The molecule has 1 aliphatic heterocycles. The highest BCUT2D eigenvalue weighted by molar-refractivity contribution is 5.86. The number of esters is 3. The van der Waals surface area contributed by atoms with Crippen LogP contribution in [-0.2, 0) is 28.6 Å². The second-order valence-electron chi connectivity index (χ2n) is 11.2. The number of fused-ring (bicyclic) bond motifs is 4. The molecule has 1 unspecified atom stereocenters. The molecule has 0 saturated heterocycles. The number of rotatable bonds is 2. The maximum Gasteiger partial charge on any atom is 0.333 e. The van der Waals surface area contributed by atoms with Crippen molar-refractivity contribution < 1.29 is 43.9 Å². The van der Waals surface area contributed by atoms with Gasteiger partial charge in [-0.25, -0.2) is 4.79 Å². The van der Waals surface area contributed by atoms with E-state index in [0.29, 0.717) is 5.57 Å². The predicted octanol–water partition coefficient (Wildman–Crippen LogP) is 1.23. The Balaban J connectivity index is 1.91. The third-order valence-corrected chi connectivity index (χ3v) is 9.00. The van der Waals surface area contributed by atoms with E-state index in [2.05, 4.69) is 0 Å². The van der Waals surface area contributed by atoms with Crippen molar-refractivity contribution in [2.24, 2.45) is 28.6 Å². The fourth-order valence-corrected chi connectivity index (χ4v) is 7.62. The molecule has 1 heterocycles. The average Bonchev–Trinajstić information content (AvgIpc) is 2.96. The minimum absolute atomic E-state index is 0.00702. The number of hydrogen-bond acceptors (Lipinski definition) is 9. The van der Waals surface area contributed by atoms with Gasteiger partial charge in [0.2, 0.25) is 5.79 Å². The Kier molecular flexibility index (Phi) is 5.32. The third kappa shape index (κ3) is 3.19. The Morgan fingerprint density at radius 2 is 1.67 bits per heavy atom. The van der Waals surface area contributed by atoms with Crippen LogP contribution in [0.15, 0.2) is 11.6 Å². The van der Waals surface area contributed by atoms with Crippen LogP contribution >= 0.6 is 0 Å². The molecule has 3 saturated carbocycles. The van der Waals surface area contributed by atoms with Gasteiger partial charge in [-0.05, 0) is 29.6 Å². The molecule has 9 atom stereocenters. The molecule has 0 aromatic heterocycles. The smallest absolute Gasteiger partial charge is 0.333 e. The number of aliphatic hydroxyl groups excluding tert-OH is 1. The van der Waals surface area contributed by atoms with Crippen LogP contribution in [0.3, 0.4) is 0 Å². The van der Waals surface area contributed by atoms with Crippen LogP contribution in [0.5, 0.6) is 0 Å². The maximum atomic E-state index is 12.3. The van der Waals surface area contributed by atoms with Crippen molar-refractivity contribution in [3.8, 4) is 0 Å². The standard InChI is InChI=1S/C24H34O9/c1-11-14-7-18(28)33-23(14,29)8-15-19(11)16(27)9-24(30)21(4,5)10-17(31-12(2)25)20(22(15,24)6)32-13(3)26/h7,11,15-17,19-20,27,29-30H,8-10H2,1-6H3/t11-,15-,16-,17?,19-,20-,22-,23+,24+/m0/s1. The lowest BCUT2D eigenvalue weighted by Gasteiger charge is -2.70. The largest absolute Gasteiger partial charge is 0.459 e. The van der Waals surface area contributed by atoms with Gasteiger partial charge in [-0.3, -0.25) is 9.59 Å². The van der Waals surface area contributed by atoms with Crippen LogP contribution in [0.25, 0.3) is 0 Å². The number of ether oxygens (including phenoxy) is 3. The Morgan fingerprint density at radius 3 is 2.24 bits per heavy atom. The summed E-state index contributed by atoms with van der Waals surface area (Å²) in [6.07, 6.45) is -1.41. The van der Waals surface area contributed by atoms with Gasteiger partial charge in [0, 0.05) is 43.8 Å². The van der Waals surface area contributed by atoms with Crippen LogP contribution in [0, 0.1) is 28.6 Å². The van der Waals surface area contributed by atoms with Gasteiger partial charge < -0.3 is 29.5 Å². The molecule has 4 rings (SSSR count). The van der Waals surface area contributed by atoms with Crippen LogP contribution in [0.4, 0.5) is 0 Å². The molecule has 3 fully saturated rings. The monoisotopic (exact) mass is 466 g/mol. The van der Waals surface area contributed by atoms with Crippen LogP contribution in [0.2, 0.25) is 0 Å². The molecule has 0 amide bonds. The molecule has 4 aliphatic rings. The van der Waals surface area contributed by atoms with Gasteiger partial charge >= 0.3 is 17.9 Å². The molecule has 0 bridgehead atoms. The summed E-state index contributed by atoms with van der Waals surface area (Å²) in [6, 6.07) is 0. The van der Waals surface area contributed by atoms with E-state index in [1.54, 1.807) is 6.92 Å². The lowest BCUT2D eigenvalue weighted by Crippen LogP contribution is -2.77. The second kappa shape index (κ2) is 7.26. The SMILES string of the molecule is CC(=O)OC1CC(C)(C)[C@]2(O)C[C@H](O)[C@H]3[C@@H](C)C4=CC(=O)O[C@]4(O)C[C@@H]3[C@@]2(C)[C@H]1OC(C)=O. The number of carbonyl (C=O) groups excluding carboxylic acids is 3. The zero-order valence-corrected chi connectivity index (χ0v) is 20.0. The highest BCUT2D eigenvalue weighted by Crippen LogP contribution is 2.69. The van der Waals surface area contributed by atoms with Crippen LogP contribution < -0.4 is 0 Å². The Labute approximate surface area is 193 Å². The summed E-state index contributed by atoms with van der Waals surface area (Å²) in [5, 5.41) is 34.9. The normalized spacial score (nSPS) is 47.9. The highest BCUT2D eigenvalue weighted by atomic mass is 16.7. The molecule has 0 spiro atoms. The molecule has 9 heteroatoms. The summed E-state index contributed by atoms with van der Waals surface area (Å²) in [6.45, 7) is 9.77. The van der Waals surface area contributed by atoms with Gasteiger partial charge in [0.1, 0.15) is 12.2 Å². The summed E-state index contributed by atoms with van der Waals surface area (Å²) >= 11 is 0. The number of hydrogen-bond donors (Lipinski definition) is 3. The van der Waals surface area contributed by atoms with Gasteiger partial charge in [-0.1, -0.05) is 27.7 Å². The minimum Gasteiger partial charge on any atom is -0.459 e. The van der Waals surface area contributed by atoms with E-state index in [0.717, 1.165) is 0 Å². The molecule has 3 N–H and O–H groups in total. The average molecular weight is 467 g/mol. The lowest BCUT2D eigenvalue weighted by molar-refractivity contribution is -0.331. The number of aliphatic hydroxyl groups is 3. The van der Waals surface area contributed by atoms with Crippen molar-refractivity contribution in [1.29, 1.82) is 0 Å². The molecule has 0 aromatic rings. The zero-order valence-electron chi connectivity index (χ0n) is 20.0. The summed E-state index contributed by atoms with van der Waals surface area (Å²) in [7, 11) is 0. The molecular weight excluding hydrogens is 432 g/mol. The Hall–Kier alpha value is -1.97. The van der Waals surface area contributed by atoms with E-state index in [1.165, 1.54) is 19.9 Å². The minimum atomic E-state index is -1.88. The van der Waals surface area contributed by atoms with Gasteiger partial charge in [0.15, 0.2) is 0 Å². The topological polar surface area (TPSA) is 140 Å². The first-order chi connectivity index (χ1) is 15.1. The fourth-order valence-electron chi connectivity index (χ4n) is 7.62. The molecule has 33 heavy (non-hydrogen) atoms. The van der Waals surface area contributed by atoms with Crippen molar-refractivity contribution in [2.45, 2.75) is 90.5 Å². The van der Waals surface area contributed by atoms with Crippen molar-refractivity contribution in [1.82, 2.24) is 0 Å². The van der Waals surface area contributed by atoms with Crippen molar-refractivity contribution in [2.75, 3.05) is 0 Å². The van der Waals surface area contributed by atoms with Crippen molar-refractivity contribution in [3.05, 3.63) is 11.6 Å². The molecule has 3 aliphatic carbocycles. The van der Waals surface area contributed by atoms with Gasteiger partial charge in [-0.2, -0.15) is 0 Å². The quantitative estimate of drug-likeness (QED) is 0.405. The van der Waals surface area contributed by atoms with Gasteiger partial charge in [-0.15, -0.1) is 0 Å². The van der Waals surface area contributed by atoms with Crippen LogP contribution in [0.1, 0.15) is 60.8 Å². The third-order valence-electron chi connectivity index (χ3n) is 9.00. The first kappa shape index (κ1) is 24.2. The molecule has 0 aromatic carbocycles. The lowest BCUT2D eigenvalue weighted by atomic mass is 9.39. The Morgan fingerprint density at radius 1 is 1.06 bits per heavy atom.